The SMILES string of the molecule is COC(=O)c1cc2c(o1)CNC2. The van der Waals surface area contributed by atoms with E-state index in [1.165, 1.54) is 7.11 Å². The molecule has 1 aromatic heterocycles. The van der Waals surface area contributed by atoms with Gasteiger partial charge in [-0.25, -0.2) is 4.79 Å². The molecule has 0 atom stereocenters. The van der Waals surface area contributed by atoms with E-state index in [0.29, 0.717) is 12.3 Å². The summed E-state index contributed by atoms with van der Waals surface area (Å²) in [7, 11) is 1.34. The van der Waals surface area contributed by atoms with Crippen LogP contribution in [0.5, 0.6) is 0 Å². The van der Waals surface area contributed by atoms with Gasteiger partial charge in [-0.2, -0.15) is 0 Å². The van der Waals surface area contributed by atoms with Gasteiger partial charge < -0.3 is 14.5 Å². The van der Waals surface area contributed by atoms with E-state index in [2.05, 4.69) is 10.1 Å². The van der Waals surface area contributed by atoms with E-state index in [0.717, 1.165) is 17.9 Å². The van der Waals surface area contributed by atoms with Gasteiger partial charge in [-0.05, 0) is 6.07 Å². The van der Waals surface area contributed by atoms with Gasteiger partial charge in [-0.3, -0.25) is 0 Å². The predicted octanol–water partition coefficient (Wildman–Crippen LogP) is 0.669. The minimum atomic E-state index is -0.413. The van der Waals surface area contributed by atoms with Crippen LogP contribution < -0.4 is 5.32 Å². The Morgan fingerprint density at radius 3 is 3.17 bits per heavy atom. The molecule has 2 rings (SSSR count). The number of methoxy groups -OCH3 is 1. The number of carbonyl (C=O) groups excluding carboxylic acids is 1. The number of carbonyl (C=O) groups is 1. The third kappa shape index (κ3) is 1.00. The molecule has 4 heteroatoms. The Morgan fingerprint density at radius 2 is 2.50 bits per heavy atom. The molecule has 0 unspecified atom stereocenters. The first-order chi connectivity index (χ1) is 5.81. The summed E-state index contributed by atoms with van der Waals surface area (Å²) in [5.41, 5.74) is 1.05. The maximum Gasteiger partial charge on any atom is 0.373 e. The van der Waals surface area contributed by atoms with Crippen LogP contribution in [0.15, 0.2) is 10.5 Å². The molecular weight excluding hydrogens is 158 g/mol. The molecule has 0 aromatic carbocycles. The minimum absolute atomic E-state index is 0.295. The average Bonchev–Trinajstić information content (AvgIpc) is 2.60. The first kappa shape index (κ1) is 7.36. The lowest BCUT2D eigenvalue weighted by Gasteiger charge is -1.93. The zero-order chi connectivity index (χ0) is 8.55. The van der Waals surface area contributed by atoms with E-state index < -0.39 is 5.97 Å². The molecule has 1 aliphatic rings. The number of nitrogens with one attached hydrogen (secondary N) is 1. The van der Waals surface area contributed by atoms with Gasteiger partial charge in [0.05, 0.1) is 13.7 Å². The number of hydrogen-bond donors (Lipinski definition) is 1. The van der Waals surface area contributed by atoms with Crippen LogP contribution in [0.2, 0.25) is 0 Å². The maximum atomic E-state index is 11.0. The maximum absolute atomic E-state index is 11.0. The lowest BCUT2D eigenvalue weighted by molar-refractivity contribution is 0.0563. The van der Waals surface area contributed by atoms with Crippen LogP contribution in [0.25, 0.3) is 0 Å². The third-order valence-corrected chi connectivity index (χ3v) is 1.88. The third-order valence-electron chi connectivity index (χ3n) is 1.88. The van der Waals surface area contributed by atoms with E-state index in [9.17, 15) is 4.79 Å². The van der Waals surface area contributed by atoms with Crippen LogP contribution in [0.3, 0.4) is 0 Å². The van der Waals surface area contributed by atoms with Crippen molar-refractivity contribution in [2.75, 3.05) is 7.11 Å². The quantitative estimate of drug-likeness (QED) is 0.624. The number of furan rings is 1. The van der Waals surface area contributed by atoms with Crippen LogP contribution >= 0.6 is 0 Å². The summed E-state index contributed by atoms with van der Waals surface area (Å²) >= 11 is 0. The number of ether oxygens (including phenoxy) is 1. The van der Waals surface area contributed by atoms with Crippen molar-refractivity contribution in [1.82, 2.24) is 5.32 Å². The second kappa shape index (κ2) is 2.64. The van der Waals surface area contributed by atoms with Gasteiger partial charge in [0.1, 0.15) is 5.76 Å². The summed E-state index contributed by atoms with van der Waals surface area (Å²) in [6.45, 7) is 1.47. The number of hydrogen-bond acceptors (Lipinski definition) is 4. The summed E-state index contributed by atoms with van der Waals surface area (Å²) in [6.07, 6.45) is 0. The van der Waals surface area contributed by atoms with Gasteiger partial charge in [-0.1, -0.05) is 0 Å². The van der Waals surface area contributed by atoms with Gasteiger partial charge in [0, 0.05) is 12.1 Å². The van der Waals surface area contributed by atoms with Crippen molar-refractivity contribution in [3.05, 3.63) is 23.2 Å². The van der Waals surface area contributed by atoms with E-state index in [-0.39, 0.29) is 0 Å². The van der Waals surface area contributed by atoms with E-state index in [1.54, 1.807) is 6.07 Å². The Labute approximate surface area is 69.5 Å². The Morgan fingerprint density at radius 1 is 1.67 bits per heavy atom. The molecule has 0 aliphatic carbocycles. The van der Waals surface area contributed by atoms with Crippen molar-refractivity contribution in [1.29, 1.82) is 0 Å². The second-order valence-corrected chi connectivity index (χ2v) is 2.65. The molecule has 4 nitrogen and oxygen atoms in total. The molecule has 0 saturated heterocycles. The van der Waals surface area contributed by atoms with Crippen molar-refractivity contribution in [2.24, 2.45) is 0 Å². The largest absolute Gasteiger partial charge is 0.463 e. The van der Waals surface area contributed by atoms with E-state index in [4.69, 9.17) is 4.42 Å². The van der Waals surface area contributed by atoms with Crippen LogP contribution in [0.1, 0.15) is 21.9 Å². The van der Waals surface area contributed by atoms with Crippen LogP contribution in [0, 0.1) is 0 Å². The molecule has 0 spiro atoms. The molecule has 1 N–H and O–H groups in total. The summed E-state index contributed by atoms with van der Waals surface area (Å²) in [5, 5.41) is 3.11. The predicted molar refractivity (Wildman–Crippen MR) is 40.6 cm³/mol. The lowest BCUT2D eigenvalue weighted by Crippen LogP contribution is -2.03. The van der Waals surface area contributed by atoms with Gasteiger partial charge in [0.2, 0.25) is 5.76 Å². The monoisotopic (exact) mass is 167 g/mol. The van der Waals surface area contributed by atoms with Crippen LogP contribution in [-0.4, -0.2) is 13.1 Å². The van der Waals surface area contributed by atoms with Gasteiger partial charge in [0.15, 0.2) is 0 Å². The Hall–Kier alpha value is -1.29. The average molecular weight is 167 g/mol. The molecule has 12 heavy (non-hydrogen) atoms. The standard InChI is InChI=1S/C8H9NO3/c1-11-8(10)6-2-5-3-9-4-7(5)12-6/h2,9H,3-4H2,1H3. The first-order valence-electron chi connectivity index (χ1n) is 3.72. The highest BCUT2D eigenvalue weighted by Crippen LogP contribution is 2.20. The highest BCUT2D eigenvalue weighted by molar-refractivity contribution is 5.86. The minimum Gasteiger partial charge on any atom is -0.463 e. The fraction of sp³-hybridized carbons (Fsp3) is 0.375. The Bertz CT molecular complexity index is 295. The van der Waals surface area contributed by atoms with Crippen LogP contribution in [-0.2, 0) is 17.8 Å². The van der Waals surface area contributed by atoms with Crippen molar-refractivity contribution in [3.63, 3.8) is 0 Å². The summed E-state index contributed by atoms with van der Waals surface area (Å²) in [4.78, 5) is 11.0. The molecule has 2 heterocycles. The molecule has 0 radical (unpaired) electrons. The normalized spacial score (nSPS) is 14.4. The topological polar surface area (TPSA) is 51.5 Å². The molecule has 1 aromatic rings. The van der Waals surface area contributed by atoms with Crippen molar-refractivity contribution in [2.45, 2.75) is 13.1 Å². The second-order valence-electron chi connectivity index (χ2n) is 2.65. The van der Waals surface area contributed by atoms with Crippen molar-refractivity contribution in [3.8, 4) is 0 Å². The summed E-state index contributed by atoms with van der Waals surface area (Å²) < 4.78 is 9.76. The lowest BCUT2D eigenvalue weighted by atomic mass is 10.3. The summed E-state index contributed by atoms with van der Waals surface area (Å²) in [6, 6.07) is 1.72. The fourth-order valence-corrected chi connectivity index (χ4v) is 1.28. The molecule has 0 amide bonds. The van der Waals surface area contributed by atoms with Gasteiger partial charge in [0.25, 0.3) is 0 Å². The number of rotatable bonds is 1. The molecule has 0 saturated carbocycles. The van der Waals surface area contributed by atoms with E-state index in [1.807, 2.05) is 0 Å². The molecule has 0 fully saturated rings. The molecule has 1 aliphatic heterocycles. The molecular formula is C8H9NO3. The summed E-state index contributed by atoms with van der Waals surface area (Å²) in [5.74, 6) is 0.726. The van der Waals surface area contributed by atoms with Gasteiger partial charge in [-0.15, -0.1) is 0 Å². The van der Waals surface area contributed by atoms with E-state index >= 15 is 0 Å². The zero-order valence-corrected chi connectivity index (χ0v) is 6.72. The molecule has 64 valence electrons. The Balaban J connectivity index is 2.31. The zero-order valence-electron chi connectivity index (χ0n) is 6.72. The van der Waals surface area contributed by atoms with Crippen molar-refractivity contribution < 1.29 is 13.9 Å². The first-order valence-corrected chi connectivity index (χ1v) is 3.72. The fourth-order valence-electron chi connectivity index (χ4n) is 1.28. The van der Waals surface area contributed by atoms with Crippen LogP contribution in [0.4, 0.5) is 0 Å². The Kier molecular flexibility index (Phi) is 1.62. The molecule has 0 bridgehead atoms. The number of fused-ring (bicyclic) bond motifs is 1. The highest BCUT2D eigenvalue weighted by atomic mass is 16.5. The highest BCUT2D eigenvalue weighted by Gasteiger charge is 2.19. The van der Waals surface area contributed by atoms with Crippen molar-refractivity contribution >= 4 is 5.97 Å². The smallest absolute Gasteiger partial charge is 0.373 e. The number of esters is 1. The van der Waals surface area contributed by atoms with Gasteiger partial charge >= 0.3 is 5.97 Å².